The lowest BCUT2D eigenvalue weighted by Crippen LogP contribution is -2.45. The first-order chi connectivity index (χ1) is 8.18. The van der Waals surface area contributed by atoms with Crippen molar-refractivity contribution in [2.24, 2.45) is 5.92 Å². The smallest absolute Gasteiger partial charge is 0.222 e. The molecule has 2 saturated heterocycles. The molecular formula is C13H25N3O. The number of rotatable bonds is 4. The van der Waals surface area contributed by atoms with Crippen molar-refractivity contribution in [2.45, 2.75) is 31.7 Å². The number of carbonyl (C=O) groups excluding carboxylic acids is 1. The van der Waals surface area contributed by atoms with Crippen LogP contribution in [0.3, 0.4) is 0 Å². The van der Waals surface area contributed by atoms with Crippen molar-refractivity contribution in [1.82, 2.24) is 15.1 Å². The summed E-state index contributed by atoms with van der Waals surface area (Å²) < 4.78 is 0. The molecule has 0 aromatic heterocycles. The molecule has 2 fully saturated rings. The topological polar surface area (TPSA) is 35.6 Å². The molecule has 0 saturated carbocycles. The normalized spacial score (nSPS) is 29.1. The summed E-state index contributed by atoms with van der Waals surface area (Å²) in [4.78, 5) is 15.8. The molecule has 98 valence electrons. The van der Waals surface area contributed by atoms with E-state index in [1.807, 2.05) is 14.1 Å². The van der Waals surface area contributed by atoms with Gasteiger partial charge in [0.15, 0.2) is 0 Å². The molecule has 2 rings (SSSR count). The third kappa shape index (κ3) is 3.19. The number of nitrogens with zero attached hydrogens (tertiary/aromatic N) is 2. The minimum atomic E-state index is 0.253. The lowest BCUT2D eigenvalue weighted by molar-refractivity contribution is -0.128. The van der Waals surface area contributed by atoms with Gasteiger partial charge in [-0.15, -0.1) is 0 Å². The van der Waals surface area contributed by atoms with Gasteiger partial charge in [-0.25, -0.2) is 0 Å². The maximum atomic E-state index is 11.5. The molecule has 1 N–H and O–H groups in total. The molecule has 2 aliphatic rings. The number of piperidine rings is 1. The molecule has 2 unspecified atom stereocenters. The van der Waals surface area contributed by atoms with E-state index < -0.39 is 0 Å². The Morgan fingerprint density at radius 3 is 3.00 bits per heavy atom. The largest absolute Gasteiger partial charge is 0.349 e. The molecule has 4 nitrogen and oxygen atoms in total. The van der Waals surface area contributed by atoms with Gasteiger partial charge in [-0.05, 0) is 44.8 Å². The molecule has 2 heterocycles. The van der Waals surface area contributed by atoms with E-state index in [1.165, 1.54) is 25.9 Å². The van der Waals surface area contributed by atoms with Gasteiger partial charge in [0.25, 0.3) is 0 Å². The molecular weight excluding hydrogens is 214 g/mol. The predicted octanol–water partition coefficient (Wildman–Crippen LogP) is 0.539. The SMILES string of the molecule is CN(C)C(=O)CCCN1CCCC2CNCC21. The van der Waals surface area contributed by atoms with Gasteiger partial charge in [0.2, 0.25) is 5.91 Å². The second-order valence-electron chi connectivity index (χ2n) is 5.56. The van der Waals surface area contributed by atoms with Crippen molar-refractivity contribution >= 4 is 5.91 Å². The van der Waals surface area contributed by atoms with Gasteiger partial charge in [-0.2, -0.15) is 0 Å². The Morgan fingerprint density at radius 2 is 2.24 bits per heavy atom. The van der Waals surface area contributed by atoms with Crippen LogP contribution in [0.2, 0.25) is 0 Å². The molecule has 2 atom stereocenters. The molecule has 0 aromatic rings. The highest BCUT2D eigenvalue weighted by Gasteiger charge is 2.34. The minimum absolute atomic E-state index is 0.253. The lowest BCUT2D eigenvalue weighted by Gasteiger charge is -2.37. The Bertz CT molecular complexity index is 267. The Labute approximate surface area is 104 Å². The second kappa shape index (κ2) is 5.83. The summed E-state index contributed by atoms with van der Waals surface area (Å²) in [6.45, 7) is 4.64. The van der Waals surface area contributed by atoms with Gasteiger partial charge in [0.05, 0.1) is 0 Å². The first kappa shape index (κ1) is 12.8. The van der Waals surface area contributed by atoms with E-state index in [4.69, 9.17) is 0 Å². The first-order valence-corrected chi connectivity index (χ1v) is 6.83. The monoisotopic (exact) mass is 239 g/mol. The van der Waals surface area contributed by atoms with Gasteiger partial charge in [-0.3, -0.25) is 9.69 Å². The highest BCUT2D eigenvalue weighted by molar-refractivity contribution is 5.75. The number of fused-ring (bicyclic) bond motifs is 1. The summed E-state index contributed by atoms with van der Waals surface area (Å²) in [5, 5.41) is 3.49. The predicted molar refractivity (Wildman–Crippen MR) is 68.9 cm³/mol. The zero-order valence-electron chi connectivity index (χ0n) is 11.1. The van der Waals surface area contributed by atoms with Crippen molar-refractivity contribution in [2.75, 3.05) is 40.3 Å². The third-order valence-electron chi connectivity index (χ3n) is 4.13. The molecule has 0 bridgehead atoms. The summed E-state index contributed by atoms with van der Waals surface area (Å²) in [5.41, 5.74) is 0. The highest BCUT2D eigenvalue weighted by Crippen LogP contribution is 2.26. The molecule has 0 radical (unpaired) electrons. The van der Waals surface area contributed by atoms with Crippen molar-refractivity contribution in [1.29, 1.82) is 0 Å². The summed E-state index contributed by atoms with van der Waals surface area (Å²) in [5.74, 6) is 1.11. The van der Waals surface area contributed by atoms with E-state index in [9.17, 15) is 4.79 Å². The van der Waals surface area contributed by atoms with Crippen LogP contribution < -0.4 is 5.32 Å². The average molecular weight is 239 g/mol. The van der Waals surface area contributed by atoms with Gasteiger partial charge in [0, 0.05) is 33.1 Å². The number of nitrogens with one attached hydrogen (secondary N) is 1. The van der Waals surface area contributed by atoms with E-state index in [0.717, 1.165) is 31.5 Å². The molecule has 1 amide bonds. The van der Waals surface area contributed by atoms with Crippen molar-refractivity contribution in [3.05, 3.63) is 0 Å². The van der Waals surface area contributed by atoms with Crippen LogP contribution in [0.25, 0.3) is 0 Å². The van der Waals surface area contributed by atoms with E-state index in [-0.39, 0.29) is 5.91 Å². The fourth-order valence-corrected chi connectivity index (χ4v) is 3.10. The zero-order valence-corrected chi connectivity index (χ0v) is 11.1. The van der Waals surface area contributed by atoms with Crippen molar-refractivity contribution in [3.63, 3.8) is 0 Å². The van der Waals surface area contributed by atoms with Gasteiger partial charge in [0.1, 0.15) is 0 Å². The standard InChI is InChI=1S/C13H25N3O/c1-15(2)13(17)6-4-8-16-7-3-5-11-9-14-10-12(11)16/h11-12,14H,3-10H2,1-2H3. The van der Waals surface area contributed by atoms with E-state index in [2.05, 4.69) is 10.2 Å². The Morgan fingerprint density at radius 1 is 1.41 bits per heavy atom. The number of hydrogen-bond donors (Lipinski definition) is 1. The molecule has 17 heavy (non-hydrogen) atoms. The summed E-state index contributed by atoms with van der Waals surface area (Å²) in [6.07, 6.45) is 4.39. The fraction of sp³-hybridized carbons (Fsp3) is 0.923. The van der Waals surface area contributed by atoms with Gasteiger partial charge >= 0.3 is 0 Å². The van der Waals surface area contributed by atoms with Crippen LogP contribution in [0, 0.1) is 5.92 Å². The first-order valence-electron chi connectivity index (χ1n) is 6.83. The average Bonchev–Trinajstić information content (AvgIpc) is 2.77. The minimum Gasteiger partial charge on any atom is -0.349 e. The van der Waals surface area contributed by atoms with E-state index >= 15 is 0 Å². The number of likely N-dealkylation sites (tertiary alicyclic amines) is 1. The molecule has 4 heteroatoms. The van der Waals surface area contributed by atoms with E-state index in [1.54, 1.807) is 4.90 Å². The Kier molecular flexibility index (Phi) is 4.40. The molecule has 0 aliphatic carbocycles. The number of carbonyl (C=O) groups is 1. The fourth-order valence-electron chi connectivity index (χ4n) is 3.10. The van der Waals surface area contributed by atoms with Gasteiger partial charge in [-0.1, -0.05) is 0 Å². The summed E-state index contributed by atoms with van der Waals surface area (Å²) in [6, 6.07) is 0.734. The van der Waals surface area contributed by atoms with Crippen LogP contribution >= 0.6 is 0 Å². The van der Waals surface area contributed by atoms with Crippen molar-refractivity contribution in [3.8, 4) is 0 Å². The summed E-state index contributed by atoms with van der Waals surface area (Å²) >= 11 is 0. The highest BCUT2D eigenvalue weighted by atomic mass is 16.2. The van der Waals surface area contributed by atoms with Crippen molar-refractivity contribution < 1.29 is 4.79 Å². The van der Waals surface area contributed by atoms with E-state index in [0.29, 0.717) is 6.42 Å². The zero-order chi connectivity index (χ0) is 12.3. The van der Waals surface area contributed by atoms with Crippen LogP contribution in [-0.4, -0.2) is 62.0 Å². The molecule has 0 aromatic carbocycles. The third-order valence-corrected chi connectivity index (χ3v) is 4.13. The van der Waals surface area contributed by atoms with Crippen LogP contribution in [0.4, 0.5) is 0 Å². The maximum absolute atomic E-state index is 11.5. The van der Waals surface area contributed by atoms with Crippen LogP contribution in [0.15, 0.2) is 0 Å². The lowest BCUT2D eigenvalue weighted by atomic mass is 9.92. The Balaban J connectivity index is 1.73. The van der Waals surface area contributed by atoms with Gasteiger partial charge < -0.3 is 10.2 Å². The summed E-state index contributed by atoms with van der Waals surface area (Å²) in [7, 11) is 3.67. The van der Waals surface area contributed by atoms with Crippen LogP contribution in [0.5, 0.6) is 0 Å². The number of amides is 1. The van der Waals surface area contributed by atoms with Crippen LogP contribution in [-0.2, 0) is 4.79 Å². The molecule has 2 aliphatic heterocycles. The van der Waals surface area contributed by atoms with Crippen LogP contribution in [0.1, 0.15) is 25.7 Å². The second-order valence-corrected chi connectivity index (χ2v) is 5.56. The maximum Gasteiger partial charge on any atom is 0.222 e. The quantitative estimate of drug-likeness (QED) is 0.778. The molecule has 0 spiro atoms. The number of hydrogen-bond acceptors (Lipinski definition) is 3. The Hall–Kier alpha value is -0.610.